The van der Waals surface area contributed by atoms with Crippen molar-refractivity contribution in [2.24, 2.45) is 10.1 Å². The van der Waals surface area contributed by atoms with Crippen LogP contribution in [0.3, 0.4) is 0 Å². The molecule has 150 valence electrons. The molecule has 28 heavy (non-hydrogen) atoms. The summed E-state index contributed by atoms with van der Waals surface area (Å²) in [5.41, 5.74) is -0.337. The second kappa shape index (κ2) is 8.42. The van der Waals surface area contributed by atoms with Crippen LogP contribution < -0.4 is 10.0 Å². The molecule has 0 aliphatic carbocycles. The predicted octanol–water partition coefficient (Wildman–Crippen LogP) is 3.54. The Morgan fingerprint density at radius 2 is 2.00 bits per heavy atom. The minimum atomic E-state index is -4.02. The van der Waals surface area contributed by atoms with Crippen molar-refractivity contribution in [3.63, 3.8) is 0 Å². The average Bonchev–Trinajstić information content (AvgIpc) is 2.99. The molecule has 9 heteroatoms. The van der Waals surface area contributed by atoms with Gasteiger partial charge in [-0.15, -0.1) is 0 Å². The fraction of sp³-hybridized carbons (Fsp3) is 0.316. The number of aliphatic imine (C=N–C) groups is 1. The summed E-state index contributed by atoms with van der Waals surface area (Å²) >= 11 is 7.44. The van der Waals surface area contributed by atoms with Gasteiger partial charge < -0.3 is 5.11 Å². The number of unbranched alkanes of at least 4 members (excludes halogenated alkanes) is 1. The van der Waals surface area contributed by atoms with E-state index in [0.29, 0.717) is 23.0 Å². The number of primary sulfonamides is 1. The molecular weight excluding hydrogens is 418 g/mol. The second-order valence-corrected chi connectivity index (χ2v) is 9.36. The van der Waals surface area contributed by atoms with E-state index in [4.69, 9.17) is 16.7 Å². The summed E-state index contributed by atoms with van der Waals surface area (Å²) in [6.45, 7) is 2.75. The molecule has 0 saturated carbocycles. The van der Waals surface area contributed by atoms with E-state index in [1.807, 2.05) is 30.3 Å². The van der Waals surface area contributed by atoms with Crippen LogP contribution in [0.15, 0.2) is 58.4 Å². The van der Waals surface area contributed by atoms with Crippen LogP contribution >= 0.6 is 23.4 Å². The van der Waals surface area contributed by atoms with Crippen LogP contribution in [0.25, 0.3) is 0 Å². The maximum absolute atomic E-state index is 11.9. The SMILES string of the molecule is CCCCN=C1SCC(O)(c2ccc(Cl)c(S(N)(=O)=O)c2)N1c1ccccc1. The molecule has 0 spiro atoms. The Morgan fingerprint density at radius 1 is 1.29 bits per heavy atom. The highest BCUT2D eigenvalue weighted by Gasteiger charge is 2.46. The molecule has 6 nitrogen and oxygen atoms in total. The van der Waals surface area contributed by atoms with Gasteiger partial charge in [-0.05, 0) is 30.7 Å². The Morgan fingerprint density at radius 3 is 2.64 bits per heavy atom. The maximum atomic E-state index is 11.9. The van der Waals surface area contributed by atoms with Gasteiger partial charge >= 0.3 is 0 Å². The molecular formula is C19H22ClN3O3S2. The minimum Gasteiger partial charge on any atom is -0.366 e. The Bertz CT molecular complexity index is 983. The van der Waals surface area contributed by atoms with E-state index in [1.54, 1.807) is 11.0 Å². The summed E-state index contributed by atoms with van der Waals surface area (Å²) in [5.74, 6) is 0.290. The molecule has 3 rings (SSSR count). The van der Waals surface area contributed by atoms with Gasteiger partial charge in [0.2, 0.25) is 10.0 Å². The first-order chi connectivity index (χ1) is 13.3. The number of anilines is 1. The summed E-state index contributed by atoms with van der Waals surface area (Å²) < 4.78 is 23.8. The number of hydrogen-bond acceptors (Lipinski definition) is 5. The lowest BCUT2D eigenvalue weighted by molar-refractivity contribution is 0.0765. The lowest BCUT2D eigenvalue weighted by Gasteiger charge is -2.35. The molecule has 0 bridgehead atoms. The average molecular weight is 440 g/mol. The molecule has 2 aromatic rings. The summed E-state index contributed by atoms with van der Waals surface area (Å²) in [6, 6.07) is 13.8. The monoisotopic (exact) mass is 439 g/mol. The Hall–Kier alpha value is -1.58. The molecule has 0 amide bonds. The number of amidine groups is 1. The van der Waals surface area contributed by atoms with E-state index in [9.17, 15) is 13.5 Å². The number of nitrogens with two attached hydrogens (primary N) is 1. The maximum Gasteiger partial charge on any atom is 0.239 e. The third kappa shape index (κ3) is 4.21. The number of hydrogen-bond donors (Lipinski definition) is 2. The number of benzene rings is 2. The number of rotatable bonds is 6. The van der Waals surface area contributed by atoms with Crippen molar-refractivity contribution in [3.8, 4) is 0 Å². The van der Waals surface area contributed by atoms with Crippen LogP contribution in [-0.4, -0.2) is 31.0 Å². The smallest absolute Gasteiger partial charge is 0.239 e. The Labute approximate surface area is 174 Å². The molecule has 1 heterocycles. The normalized spacial score (nSPS) is 21.4. The number of sulfonamides is 1. The first-order valence-electron chi connectivity index (χ1n) is 8.85. The fourth-order valence-electron chi connectivity index (χ4n) is 2.99. The molecule has 1 aliphatic rings. The van der Waals surface area contributed by atoms with Gasteiger partial charge in [-0.2, -0.15) is 0 Å². The van der Waals surface area contributed by atoms with Gasteiger partial charge in [-0.3, -0.25) is 9.89 Å². The topological polar surface area (TPSA) is 96.0 Å². The predicted molar refractivity (Wildman–Crippen MR) is 115 cm³/mol. The van der Waals surface area contributed by atoms with Crippen molar-refractivity contribution in [1.82, 2.24) is 0 Å². The molecule has 1 atom stereocenters. The van der Waals surface area contributed by atoms with Crippen LogP contribution in [0.5, 0.6) is 0 Å². The van der Waals surface area contributed by atoms with Gasteiger partial charge in [-0.25, -0.2) is 13.6 Å². The standard InChI is InChI=1S/C19H22ClN3O3S2/c1-2-3-11-22-18-23(15-7-5-4-6-8-15)19(24,13-27-18)14-9-10-16(20)17(12-14)28(21,25)26/h4-10,12,24H,2-3,11,13H2,1H3,(H2,21,25,26). The van der Waals surface area contributed by atoms with E-state index >= 15 is 0 Å². The van der Waals surface area contributed by atoms with Crippen molar-refractivity contribution < 1.29 is 13.5 Å². The Balaban J connectivity index is 2.11. The number of nitrogens with zero attached hydrogens (tertiary/aromatic N) is 2. The zero-order valence-electron chi connectivity index (χ0n) is 15.4. The van der Waals surface area contributed by atoms with Gasteiger partial charge in [-0.1, -0.05) is 61.0 Å². The quantitative estimate of drug-likeness (QED) is 0.671. The fourth-order valence-corrected chi connectivity index (χ4v) is 5.25. The summed E-state index contributed by atoms with van der Waals surface area (Å²) in [6.07, 6.45) is 1.97. The highest BCUT2D eigenvalue weighted by molar-refractivity contribution is 8.14. The van der Waals surface area contributed by atoms with Crippen molar-refractivity contribution >= 4 is 44.2 Å². The Kier molecular flexibility index (Phi) is 6.36. The van der Waals surface area contributed by atoms with E-state index in [1.165, 1.54) is 23.9 Å². The van der Waals surface area contributed by atoms with Crippen LogP contribution in [0.2, 0.25) is 5.02 Å². The van der Waals surface area contributed by atoms with E-state index < -0.39 is 15.7 Å². The number of aliphatic hydroxyl groups is 1. The minimum absolute atomic E-state index is 0.0172. The van der Waals surface area contributed by atoms with Crippen LogP contribution in [-0.2, 0) is 15.7 Å². The molecule has 3 N–H and O–H groups in total. The number of thioether (sulfide) groups is 1. The van der Waals surface area contributed by atoms with E-state index in [0.717, 1.165) is 18.5 Å². The van der Waals surface area contributed by atoms with E-state index in [2.05, 4.69) is 11.9 Å². The summed E-state index contributed by atoms with van der Waals surface area (Å²) in [4.78, 5) is 6.18. The van der Waals surface area contributed by atoms with E-state index in [-0.39, 0.29) is 9.92 Å². The number of para-hydroxylation sites is 1. The van der Waals surface area contributed by atoms with Gasteiger partial charge in [0.05, 0.1) is 10.8 Å². The molecule has 1 fully saturated rings. The highest BCUT2D eigenvalue weighted by Crippen LogP contribution is 2.43. The first-order valence-corrected chi connectivity index (χ1v) is 11.8. The lowest BCUT2D eigenvalue weighted by atomic mass is 10.0. The molecule has 2 aromatic carbocycles. The second-order valence-electron chi connectivity index (χ2n) is 6.48. The van der Waals surface area contributed by atoms with Crippen molar-refractivity contribution in [2.75, 3.05) is 17.2 Å². The molecule has 1 aliphatic heterocycles. The van der Waals surface area contributed by atoms with Crippen LogP contribution in [0, 0.1) is 0 Å². The first kappa shape index (κ1) is 21.1. The van der Waals surface area contributed by atoms with Crippen molar-refractivity contribution in [2.45, 2.75) is 30.4 Å². The molecule has 0 aromatic heterocycles. The number of halogens is 1. The van der Waals surface area contributed by atoms with Crippen LogP contribution in [0.4, 0.5) is 5.69 Å². The molecule has 0 radical (unpaired) electrons. The third-order valence-electron chi connectivity index (χ3n) is 4.44. The highest BCUT2D eigenvalue weighted by atomic mass is 35.5. The van der Waals surface area contributed by atoms with Gasteiger partial charge in [0.1, 0.15) is 4.90 Å². The largest absolute Gasteiger partial charge is 0.366 e. The summed E-state index contributed by atoms with van der Waals surface area (Å²) in [7, 11) is -4.02. The van der Waals surface area contributed by atoms with Gasteiger partial charge in [0.15, 0.2) is 10.9 Å². The van der Waals surface area contributed by atoms with Crippen molar-refractivity contribution in [3.05, 3.63) is 59.1 Å². The molecule has 1 saturated heterocycles. The summed E-state index contributed by atoms with van der Waals surface area (Å²) in [5, 5.41) is 17.6. The zero-order chi connectivity index (χ0) is 20.4. The van der Waals surface area contributed by atoms with Gasteiger partial charge in [0, 0.05) is 17.8 Å². The lowest BCUT2D eigenvalue weighted by Crippen LogP contribution is -2.45. The third-order valence-corrected chi connectivity index (χ3v) is 6.95. The molecule has 1 unspecified atom stereocenters. The van der Waals surface area contributed by atoms with Crippen LogP contribution in [0.1, 0.15) is 25.3 Å². The zero-order valence-corrected chi connectivity index (χ0v) is 17.8. The van der Waals surface area contributed by atoms with Gasteiger partial charge in [0.25, 0.3) is 0 Å². The van der Waals surface area contributed by atoms with Crippen molar-refractivity contribution in [1.29, 1.82) is 0 Å².